The van der Waals surface area contributed by atoms with Gasteiger partial charge in [-0.05, 0) is 54.8 Å². The van der Waals surface area contributed by atoms with Crippen molar-refractivity contribution in [3.63, 3.8) is 0 Å². The van der Waals surface area contributed by atoms with Gasteiger partial charge < -0.3 is 9.47 Å². The minimum Gasteiger partial charge on any atom is -0.493 e. The molecule has 0 bridgehead atoms. The molecule has 0 amide bonds. The standard InChI is InChI=1S/C25H30F6N2O8S2/c1-3-16-42(34,35)40-32-22(24(26,27)28)18-6-10-20(11-7-18)38-14-5-15-39-21-12-8-19(9-13-21)23(25(29,30)31)33-41-43(36,37)17-4-2/h6-13,22,32H,3-5,14-17H2,1-2H3. The molecule has 0 saturated heterocycles. The van der Waals surface area contributed by atoms with Crippen LogP contribution in [0, 0.1) is 0 Å². The quantitative estimate of drug-likeness (QED) is 0.102. The first-order valence-electron chi connectivity index (χ1n) is 12.7. The van der Waals surface area contributed by atoms with Crippen molar-refractivity contribution in [2.75, 3.05) is 24.7 Å². The van der Waals surface area contributed by atoms with E-state index in [1.165, 1.54) is 38.1 Å². The summed E-state index contributed by atoms with van der Waals surface area (Å²) in [5.41, 5.74) is -0.733. The number of nitrogens with one attached hydrogen (secondary N) is 1. The van der Waals surface area contributed by atoms with Gasteiger partial charge in [0.15, 0.2) is 11.8 Å². The molecule has 1 atom stereocenters. The van der Waals surface area contributed by atoms with E-state index in [0.717, 1.165) is 24.3 Å². The summed E-state index contributed by atoms with van der Waals surface area (Å²) in [6.07, 6.45) is -9.27. The zero-order valence-electron chi connectivity index (χ0n) is 22.9. The molecule has 2 aromatic rings. The minimum absolute atomic E-state index is 0.0691. The first kappa shape index (κ1) is 36.1. The molecule has 18 heteroatoms. The van der Waals surface area contributed by atoms with Crippen LogP contribution in [0.5, 0.6) is 11.5 Å². The molecule has 0 aliphatic heterocycles. The molecule has 1 unspecified atom stereocenters. The highest BCUT2D eigenvalue weighted by Gasteiger charge is 2.42. The summed E-state index contributed by atoms with van der Waals surface area (Å²) in [5, 5.41) is 2.81. The summed E-state index contributed by atoms with van der Waals surface area (Å²) in [4.78, 5) is 0. The van der Waals surface area contributed by atoms with Crippen LogP contribution in [-0.4, -0.2) is 59.6 Å². The van der Waals surface area contributed by atoms with Gasteiger partial charge in [0.1, 0.15) is 11.5 Å². The van der Waals surface area contributed by atoms with Gasteiger partial charge in [0.2, 0.25) is 0 Å². The predicted octanol–water partition coefficient (Wildman–Crippen LogP) is 5.42. The minimum atomic E-state index is -4.99. The normalized spacial score (nSPS) is 13.9. The third-order valence-corrected chi connectivity index (χ3v) is 7.67. The van der Waals surface area contributed by atoms with E-state index in [4.69, 9.17) is 9.47 Å². The summed E-state index contributed by atoms with van der Waals surface area (Å²) in [5.74, 6) is -0.538. The van der Waals surface area contributed by atoms with Crippen LogP contribution in [0.2, 0.25) is 0 Å². The molecule has 0 saturated carbocycles. The monoisotopic (exact) mass is 664 g/mol. The first-order valence-corrected chi connectivity index (χ1v) is 15.9. The maximum absolute atomic E-state index is 13.4. The second-order valence-corrected chi connectivity index (χ2v) is 12.2. The summed E-state index contributed by atoms with van der Waals surface area (Å²) in [6, 6.07) is 6.80. The maximum Gasteiger partial charge on any atom is 0.437 e. The molecule has 1 N–H and O–H groups in total. The van der Waals surface area contributed by atoms with Crippen LogP contribution >= 0.6 is 0 Å². The van der Waals surface area contributed by atoms with E-state index in [0.29, 0.717) is 0 Å². The van der Waals surface area contributed by atoms with Crippen molar-refractivity contribution in [1.82, 2.24) is 5.48 Å². The fourth-order valence-corrected chi connectivity index (χ4v) is 4.88. The van der Waals surface area contributed by atoms with E-state index in [1.807, 2.05) is 0 Å². The van der Waals surface area contributed by atoms with E-state index in [9.17, 15) is 43.2 Å². The van der Waals surface area contributed by atoms with Crippen molar-refractivity contribution in [2.24, 2.45) is 5.16 Å². The van der Waals surface area contributed by atoms with Gasteiger partial charge >= 0.3 is 22.5 Å². The SMILES string of the molecule is CCCS(=O)(=O)ON=C(c1ccc(OCCCOc2ccc(C(NOS(=O)(=O)CCC)C(F)(F)F)cc2)cc1)C(F)(F)F. The number of hydroxylamine groups is 1. The van der Waals surface area contributed by atoms with Crippen LogP contribution in [0.3, 0.4) is 0 Å². The van der Waals surface area contributed by atoms with Crippen LogP contribution in [0.25, 0.3) is 0 Å². The number of oxime groups is 1. The van der Waals surface area contributed by atoms with E-state index >= 15 is 0 Å². The van der Waals surface area contributed by atoms with Gasteiger partial charge in [0, 0.05) is 12.0 Å². The van der Waals surface area contributed by atoms with Gasteiger partial charge in [-0.15, -0.1) is 0 Å². The highest BCUT2D eigenvalue weighted by Crippen LogP contribution is 2.33. The summed E-state index contributed by atoms with van der Waals surface area (Å²) in [6.45, 7) is 3.18. The zero-order valence-corrected chi connectivity index (χ0v) is 24.6. The van der Waals surface area contributed by atoms with E-state index in [-0.39, 0.29) is 49.5 Å². The fraction of sp³-hybridized carbons (Fsp3) is 0.480. The van der Waals surface area contributed by atoms with Gasteiger partial charge in [-0.1, -0.05) is 31.1 Å². The average molecular weight is 665 g/mol. The van der Waals surface area contributed by atoms with Crippen molar-refractivity contribution >= 4 is 25.9 Å². The smallest absolute Gasteiger partial charge is 0.437 e. The van der Waals surface area contributed by atoms with Gasteiger partial charge in [-0.25, -0.2) is 0 Å². The lowest BCUT2D eigenvalue weighted by Crippen LogP contribution is -2.36. The van der Waals surface area contributed by atoms with Gasteiger partial charge in [-0.2, -0.15) is 52.9 Å². The largest absolute Gasteiger partial charge is 0.493 e. The molecular weight excluding hydrogens is 634 g/mol. The predicted molar refractivity (Wildman–Crippen MR) is 143 cm³/mol. The van der Waals surface area contributed by atoms with Crippen LogP contribution in [0.1, 0.15) is 50.3 Å². The number of ether oxygens (including phenoxy) is 2. The molecule has 2 rings (SSSR count). The third kappa shape index (κ3) is 12.6. The Bertz CT molecular complexity index is 1400. The molecule has 0 fully saturated rings. The Morgan fingerprint density at radius 1 is 0.791 bits per heavy atom. The number of alkyl halides is 6. The van der Waals surface area contributed by atoms with Crippen LogP contribution < -0.4 is 15.0 Å². The fourth-order valence-electron chi connectivity index (χ4n) is 3.29. The van der Waals surface area contributed by atoms with E-state index < -0.39 is 61.4 Å². The van der Waals surface area contributed by atoms with Crippen molar-refractivity contribution in [1.29, 1.82) is 0 Å². The maximum atomic E-state index is 13.4. The Morgan fingerprint density at radius 2 is 1.28 bits per heavy atom. The Morgan fingerprint density at radius 3 is 1.74 bits per heavy atom. The van der Waals surface area contributed by atoms with Crippen molar-refractivity contribution in [2.45, 2.75) is 51.5 Å². The molecule has 2 aromatic carbocycles. The molecule has 0 heterocycles. The molecule has 0 spiro atoms. The highest BCUT2D eigenvalue weighted by molar-refractivity contribution is 7.86. The van der Waals surface area contributed by atoms with Gasteiger partial charge in [-0.3, -0.25) is 4.28 Å². The lowest BCUT2D eigenvalue weighted by atomic mass is 10.1. The average Bonchev–Trinajstić information content (AvgIpc) is 2.88. The molecule has 0 aliphatic carbocycles. The number of hydrogen-bond donors (Lipinski definition) is 1. The number of halogens is 6. The van der Waals surface area contributed by atoms with Crippen LogP contribution in [0.15, 0.2) is 53.7 Å². The molecule has 10 nitrogen and oxygen atoms in total. The summed E-state index contributed by atoms with van der Waals surface area (Å²) >= 11 is 0. The molecule has 0 aliphatic rings. The highest BCUT2D eigenvalue weighted by atomic mass is 32.2. The summed E-state index contributed by atoms with van der Waals surface area (Å²) < 4.78 is 146. The lowest BCUT2D eigenvalue weighted by molar-refractivity contribution is -0.174. The van der Waals surface area contributed by atoms with Crippen molar-refractivity contribution in [3.05, 3.63) is 59.7 Å². The van der Waals surface area contributed by atoms with E-state index in [2.05, 4.69) is 13.7 Å². The Kier molecular flexibility index (Phi) is 13.1. The molecule has 0 radical (unpaired) electrons. The van der Waals surface area contributed by atoms with Gasteiger partial charge in [0.25, 0.3) is 10.1 Å². The topological polar surface area (TPSA) is 130 Å². The first-order chi connectivity index (χ1) is 20.0. The lowest BCUT2D eigenvalue weighted by Gasteiger charge is -2.21. The second kappa shape index (κ2) is 15.6. The van der Waals surface area contributed by atoms with Crippen molar-refractivity contribution < 1.29 is 61.2 Å². The number of benzene rings is 2. The molecule has 242 valence electrons. The Labute approximate surface area is 245 Å². The Balaban J connectivity index is 1.90. The van der Waals surface area contributed by atoms with Crippen LogP contribution in [-0.2, 0) is 28.8 Å². The molecule has 0 aromatic heterocycles. The number of hydrogen-bond acceptors (Lipinski definition) is 10. The zero-order chi connectivity index (χ0) is 32.3. The van der Waals surface area contributed by atoms with E-state index in [1.54, 1.807) is 5.48 Å². The molecule has 43 heavy (non-hydrogen) atoms. The van der Waals surface area contributed by atoms with Crippen molar-refractivity contribution in [3.8, 4) is 11.5 Å². The molecular formula is C25H30F6N2O8S2. The van der Waals surface area contributed by atoms with Crippen LogP contribution in [0.4, 0.5) is 26.3 Å². The Hall–Kier alpha value is -3.09. The second-order valence-electron chi connectivity index (χ2n) is 8.86. The summed E-state index contributed by atoms with van der Waals surface area (Å²) in [7, 11) is -8.44. The third-order valence-electron chi connectivity index (χ3n) is 5.21. The number of rotatable bonds is 17. The van der Waals surface area contributed by atoms with Gasteiger partial charge in [0.05, 0.1) is 24.7 Å². The number of nitrogens with zero attached hydrogens (tertiary/aromatic N) is 1.